The van der Waals surface area contributed by atoms with E-state index in [1.807, 2.05) is 0 Å². The Morgan fingerprint density at radius 3 is 2.68 bits per heavy atom. The van der Waals surface area contributed by atoms with Gasteiger partial charge in [-0.05, 0) is 39.5 Å². The molecule has 22 heavy (non-hydrogen) atoms. The van der Waals surface area contributed by atoms with E-state index in [4.69, 9.17) is 4.74 Å². The van der Waals surface area contributed by atoms with Crippen LogP contribution >= 0.6 is 0 Å². The molecule has 0 saturated carbocycles. The number of rotatable bonds is 5. The van der Waals surface area contributed by atoms with Gasteiger partial charge in [-0.1, -0.05) is 0 Å². The molecule has 0 radical (unpaired) electrons. The maximum Gasteiger partial charge on any atom is 0.325 e. The average molecular weight is 311 g/mol. The van der Waals surface area contributed by atoms with Crippen molar-refractivity contribution in [3.8, 4) is 0 Å². The molecule has 1 unspecified atom stereocenters. The maximum absolute atomic E-state index is 12.2. The Morgan fingerprint density at radius 2 is 2.14 bits per heavy atom. The minimum absolute atomic E-state index is 0.208. The number of nitrogens with one attached hydrogen (secondary N) is 1. The Labute approximate surface area is 131 Å². The van der Waals surface area contributed by atoms with E-state index in [1.54, 1.807) is 25.8 Å². The van der Waals surface area contributed by atoms with Crippen molar-refractivity contribution in [2.24, 2.45) is 0 Å². The van der Waals surface area contributed by atoms with E-state index in [0.29, 0.717) is 6.54 Å². The van der Waals surface area contributed by atoms with E-state index < -0.39 is 11.6 Å². The van der Waals surface area contributed by atoms with Crippen molar-refractivity contribution in [1.29, 1.82) is 0 Å². The summed E-state index contributed by atoms with van der Waals surface area (Å²) in [5.41, 5.74) is -0.939. The largest absolute Gasteiger partial charge is 0.378 e. The third-order valence-electron chi connectivity index (χ3n) is 4.22. The van der Waals surface area contributed by atoms with Gasteiger partial charge in [0, 0.05) is 20.2 Å². The van der Waals surface area contributed by atoms with Crippen LogP contribution in [0.3, 0.4) is 0 Å². The summed E-state index contributed by atoms with van der Waals surface area (Å²) in [6, 6.07) is -0.507. The summed E-state index contributed by atoms with van der Waals surface area (Å²) in [7, 11) is 1.69. The number of hydrogen-bond donors (Lipinski definition) is 1. The predicted octanol–water partition coefficient (Wildman–Crippen LogP) is 0.734. The summed E-state index contributed by atoms with van der Waals surface area (Å²) in [5, 5.41) is 2.57. The lowest BCUT2D eigenvalue weighted by Gasteiger charge is -2.26. The number of hydrogen-bond acceptors (Lipinski definition) is 4. The lowest BCUT2D eigenvalue weighted by molar-refractivity contribution is -0.138. The third kappa shape index (κ3) is 3.76. The number of carbonyl (C=O) groups excluding carboxylic acids is 3. The molecule has 2 fully saturated rings. The monoisotopic (exact) mass is 311 g/mol. The van der Waals surface area contributed by atoms with Crippen LogP contribution in [-0.2, 0) is 14.3 Å². The van der Waals surface area contributed by atoms with Crippen molar-refractivity contribution in [3.63, 3.8) is 0 Å². The van der Waals surface area contributed by atoms with Gasteiger partial charge in [-0.25, -0.2) is 4.79 Å². The normalized spacial score (nSPS) is 24.3. The zero-order valence-corrected chi connectivity index (χ0v) is 13.6. The molecule has 0 bridgehead atoms. The molecule has 2 saturated heterocycles. The molecule has 1 N–H and O–H groups in total. The van der Waals surface area contributed by atoms with Crippen LogP contribution in [0.15, 0.2) is 0 Å². The van der Waals surface area contributed by atoms with Gasteiger partial charge < -0.3 is 15.0 Å². The summed E-state index contributed by atoms with van der Waals surface area (Å²) < 4.78 is 5.64. The van der Waals surface area contributed by atoms with Crippen LogP contribution < -0.4 is 5.32 Å². The van der Waals surface area contributed by atoms with Gasteiger partial charge in [0.25, 0.3) is 5.91 Å². The topological polar surface area (TPSA) is 79.0 Å². The van der Waals surface area contributed by atoms with Gasteiger partial charge in [0.1, 0.15) is 12.1 Å². The maximum atomic E-state index is 12.2. The molecule has 0 spiro atoms. The second-order valence-electron chi connectivity index (χ2n) is 6.54. The Hall–Kier alpha value is -1.63. The van der Waals surface area contributed by atoms with Crippen LogP contribution in [0.25, 0.3) is 0 Å². The standard InChI is InChI=1S/C15H25N3O4/c1-15(2)13(20)18(14(21)16-15)10-12(19)17(3)8-7-11-6-4-5-9-22-11/h11H,4-10H2,1-3H3,(H,16,21). The average Bonchev–Trinajstić information content (AvgIpc) is 2.67. The molecule has 0 aromatic rings. The third-order valence-corrected chi connectivity index (χ3v) is 4.22. The molecule has 4 amide bonds. The molecule has 2 aliphatic heterocycles. The molecule has 7 nitrogen and oxygen atoms in total. The quantitative estimate of drug-likeness (QED) is 0.759. The van der Waals surface area contributed by atoms with Gasteiger partial charge in [0.15, 0.2) is 0 Å². The Bertz CT molecular complexity index is 458. The van der Waals surface area contributed by atoms with E-state index >= 15 is 0 Å². The molecule has 2 rings (SSSR count). The van der Waals surface area contributed by atoms with Crippen LogP contribution in [-0.4, -0.2) is 66.0 Å². The van der Waals surface area contributed by atoms with Crippen LogP contribution in [0, 0.1) is 0 Å². The number of likely N-dealkylation sites (N-methyl/N-ethyl adjacent to an activating group) is 1. The first-order valence-electron chi connectivity index (χ1n) is 7.81. The van der Waals surface area contributed by atoms with Crippen molar-refractivity contribution in [1.82, 2.24) is 15.1 Å². The van der Waals surface area contributed by atoms with Crippen molar-refractivity contribution in [2.45, 2.75) is 51.2 Å². The minimum atomic E-state index is -0.939. The Kier molecular flexibility index (Phi) is 5.05. The fourth-order valence-electron chi connectivity index (χ4n) is 2.71. The smallest absolute Gasteiger partial charge is 0.325 e. The number of urea groups is 1. The lowest BCUT2D eigenvalue weighted by Crippen LogP contribution is -2.44. The summed E-state index contributed by atoms with van der Waals surface area (Å²) >= 11 is 0. The molecule has 0 aromatic heterocycles. The van der Waals surface area contributed by atoms with Gasteiger partial charge in [0.05, 0.1) is 6.10 Å². The van der Waals surface area contributed by atoms with Crippen molar-refractivity contribution in [3.05, 3.63) is 0 Å². The highest BCUT2D eigenvalue weighted by atomic mass is 16.5. The Morgan fingerprint density at radius 1 is 1.41 bits per heavy atom. The molecule has 124 valence electrons. The van der Waals surface area contributed by atoms with Gasteiger partial charge in [-0.3, -0.25) is 14.5 Å². The first-order valence-corrected chi connectivity index (χ1v) is 7.81. The molecule has 0 aliphatic carbocycles. The summed E-state index contributed by atoms with van der Waals surface area (Å²) in [6.07, 6.45) is 4.30. The van der Waals surface area contributed by atoms with Crippen molar-refractivity contribution >= 4 is 17.8 Å². The summed E-state index contributed by atoms with van der Waals surface area (Å²) in [4.78, 5) is 38.5. The van der Waals surface area contributed by atoms with Crippen LogP contribution in [0.2, 0.25) is 0 Å². The molecular formula is C15H25N3O4. The zero-order valence-electron chi connectivity index (χ0n) is 13.6. The molecule has 2 aliphatic rings. The minimum Gasteiger partial charge on any atom is -0.378 e. The number of nitrogens with zero attached hydrogens (tertiary/aromatic N) is 2. The van der Waals surface area contributed by atoms with E-state index in [-0.39, 0.29) is 24.5 Å². The molecule has 2 heterocycles. The first kappa shape index (κ1) is 16.7. The number of carbonyl (C=O) groups is 3. The highest BCUT2D eigenvalue weighted by Crippen LogP contribution is 2.17. The molecule has 0 aromatic carbocycles. The van der Waals surface area contributed by atoms with E-state index in [9.17, 15) is 14.4 Å². The lowest BCUT2D eigenvalue weighted by atomic mass is 10.1. The zero-order chi connectivity index (χ0) is 16.3. The predicted molar refractivity (Wildman–Crippen MR) is 80.2 cm³/mol. The summed E-state index contributed by atoms with van der Waals surface area (Å²) in [6.45, 7) is 4.40. The number of imide groups is 1. The Balaban J connectivity index is 1.81. The van der Waals surface area contributed by atoms with Crippen LogP contribution in [0.1, 0.15) is 39.5 Å². The molecule has 1 atom stereocenters. The fraction of sp³-hybridized carbons (Fsp3) is 0.800. The molecular weight excluding hydrogens is 286 g/mol. The van der Waals surface area contributed by atoms with E-state index in [2.05, 4.69) is 5.32 Å². The van der Waals surface area contributed by atoms with Crippen LogP contribution in [0.4, 0.5) is 4.79 Å². The van der Waals surface area contributed by atoms with Gasteiger partial charge in [-0.2, -0.15) is 0 Å². The highest BCUT2D eigenvalue weighted by molar-refractivity contribution is 6.08. The summed E-state index contributed by atoms with van der Waals surface area (Å²) in [5.74, 6) is -0.605. The van der Waals surface area contributed by atoms with Crippen LogP contribution in [0.5, 0.6) is 0 Å². The molecule has 7 heteroatoms. The van der Waals surface area contributed by atoms with Gasteiger partial charge in [-0.15, -0.1) is 0 Å². The second-order valence-corrected chi connectivity index (χ2v) is 6.54. The highest BCUT2D eigenvalue weighted by Gasteiger charge is 2.45. The number of ether oxygens (including phenoxy) is 1. The second kappa shape index (κ2) is 6.64. The first-order chi connectivity index (χ1) is 10.3. The SMILES string of the molecule is CN(CCC1CCCCO1)C(=O)CN1C(=O)NC(C)(C)C1=O. The van der Waals surface area contributed by atoms with Gasteiger partial charge >= 0.3 is 6.03 Å². The van der Waals surface area contributed by atoms with Crippen molar-refractivity contribution < 1.29 is 19.1 Å². The van der Waals surface area contributed by atoms with E-state index in [1.165, 1.54) is 6.42 Å². The van der Waals surface area contributed by atoms with E-state index in [0.717, 1.165) is 30.8 Å². The fourth-order valence-corrected chi connectivity index (χ4v) is 2.71. The van der Waals surface area contributed by atoms with Crippen molar-refractivity contribution in [2.75, 3.05) is 26.7 Å². The number of amides is 4. The van der Waals surface area contributed by atoms with Gasteiger partial charge in [0.2, 0.25) is 5.91 Å².